The van der Waals surface area contributed by atoms with E-state index in [1.165, 1.54) is 6.33 Å². The summed E-state index contributed by atoms with van der Waals surface area (Å²) in [6, 6.07) is 23.2. The van der Waals surface area contributed by atoms with Gasteiger partial charge >= 0.3 is 0 Å². The van der Waals surface area contributed by atoms with Crippen LogP contribution < -0.4 is 9.64 Å². The molecule has 0 atom stereocenters. The highest BCUT2D eigenvalue weighted by Crippen LogP contribution is 2.27. The van der Waals surface area contributed by atoms with Crippen molar-refractivity contribution in [1.82, 2.24) is 24.6 Å². The smallest absolute Gasteiger partial charge is 0.244 e. The van der Waals surface area contributed by atoms with Gasteiger partial charge in [0.25, 0.3) is 0 Å². The molecule has 1 saturated heterocycles. The lowest BCUT2D eigenvalue weighted by Gasteiger charge is -2.35. The van der Waals surface area contributed by atoms with Crippen molar-refractivity contribution in [1.29, 1.82) is 5.26 Å². The Morgan fingerprint density at radius 2 is 1.75 bits per heavy atom. The Bertz CT molecular complexity index is 1400. The Morgan fingerprint density at radius 1 is 0.972 bits per heavy atom. The van der Waals surface area contributed by atoms with Crippen LogP contribution in [-0.2, 0) is 11.3 Å². The van der Waals surface area contributed by atoms with E-state index in [4.69, 9.17) is 9.84 Å². The van der Waals surface area contributed by atoms with Crippen molar-refractivity contribution in [2.24, 2.45) is 0 Å². The number of benzene rings is 2. The maximum atomic E-state index is 13.3. The van der Waals surface area contributed by atoms with E-state index in [0.29, 0.717) is 37.6 Å². The van der Waals surface area contributed by atoms with Crippen molar-refractivity contribution in [2.45, 2.75) is 6.54 Å². The van der Waals surface area contributed by atoms with Crippen LogP contribution in [0.25, 0.3) is 22.5 Å². The molecule has 1 aliphatic heterocycles. The second-order valence-electron chi connectivity index (χ2n) is 8.42. The average Bonchev–Trinajstić information content (AvgIpc) is 3.37. The zero-order valence-corrected chi connectivity index (χ0v) is 19.9. The molecule has 0 bridgehead atoms. The highest BCUT2D eigenvalue weighted by Gasteiger charge is 2.24. The first kappa shape index (κ1) is 23.1. The third kappa shape index (κ3) is 4.88. The molecule has 0 N–H and O–H groups in total. The first-order valence-electron chi connectivity index (χ1n) is 11.7. The summed E-state index contributed by atoms with van der Waals surface area (Å²) >= 11 is 0. The average molecular weight is 480 g/mol. The van der Waals surface area contributed by atoms with Gasteiger partial charge in [0.15, 0.2) is 0 Å². The molecule has 2 aromatic carbocycles. The number of carbonyl (C=O) groups is 1. The van der Waals surface area contributed by atoms with Crippen LogP contribution in [0, 0.1) is 11.3 Å². The van der Waals surface area contributed by atoms with Gasteiger partial charge in [0.05, 0.1) is 30.1 Å². The van der Waals surface area contributed by atoms with Crippen LogP contribution in [0.3, 0.4) is 0 Å². The minimum atomic E-state index is 0.00697. The summed E-state index contributed by atoms with van der Waals surface area (Å²) in [7, 11) is 1.58. The second kappa shape index (κ2) is 10.3. The summed E-state index contributed by atoms with van der Waals surface area (Å²) in [6.07, 6.45) is 1.48. The molecule has 1 amide bonds. The number of carbonyl (C=O) groups excluding carboxylic acids is 1. The molecule has 5 rings (SSSR count). The molecule has 0 radical (unpaired) electrons. The van der Waals surface area contributed by atoms with Crippen molar-refractivity contribution in [3.05, 3.63) is 78.6 Å². The predicted molar refractivity (Wildman–Crippen MR) is 135 cm³/mol. The minimum absolute atomic E-state index is 0.00697. The summed E-state index contributed by atoms with van der Waals surface area (Å²) in [6.45, 7) is 2.64. The lowest BCUT2D eigenvalue weighted by molar-refractivity contribution is -0.132. The van der Waals surface area contributed by atoms with Crippen LogP contribution in [0.2, 0.25) is 0 Å². The third-order valence-electron chi connectivity index (χ3n) is 6.22. The molecule has 9 heteroatoms. The lowest BCUT2D eigenvalue weighted by atomic mass is 10.1. The van der Waals surface area contributed by atoms with Gasteiger partial charge in [-0.2, -0.15) is 10.4 Å². The molecule has 180 valence electrons. The number of hydrogen-bond acceptors (Lipinski definition) is 7. The van der Waals surface area contributed by atoms with E-state index in [2.05, 4.69) is 20.9 Å². The highest BCUT2D eigenvalue weighted by molar-refractivity contribution is 5.78. The van der Waals surface area contributed by atoms with E-state index in [9.17, 15) is 10.1 Å². The molecule has 0 spiro atoms. The number of aromatic nitrogens is 4. The van der Waals surface area contributed by atoms with Gasteiger partial charge in [0, 0.05) is 37.8 Å². The quantitative estimate of drug-likeness (QED) is 0.419. The van der Waals surface area contributed by atoms with E-state index in [1.54, 1.807) is 23.9 Å². The Morgan fingerprint density at radius 3 is 2.50 bits per heavy atom. The van der Waals surface area contributed by atoms with Gasteiger partial charge < -0.3 is 14.5 Å². The SMILES string of the molecule is COc1cc(N2CCN(C(=O)Cn3nc(-c4cccc(C#N)c4)cc3-c3ccccc3)CC2)ncn1. The first-order valence-corrected chi connectivity index (χ1v) is 11.7. The Balaban J connectivity index is 1.34. The molecule has 0 saturated carbocycles. The van der Waals surface area contributed by atoms with Gasteiger partial charge in [-0.15, -0.1) is 0 Å². The third-order valence-corrected chi connectivity index (χ3v) is 6.22. The van der Waals surface area contributed by atoms with E-state index in [-0.39, 0.29) is 12.5 Å². The lowest BCUT2D eigenvalue weighted by Crippen LogP contribution is -2.50. The molecule has 1 fully saturated rings. The van der Waals surface area contributed by atoms with Crippen molar-refractivity contribution in [3.63, 3.8) is 0 Å². The fourth-order valence-corrected chi connectivity index (χ4v) is 4.30. The van der Waals surface area contributed by atoms with Gasteiger partial charge in [-0.25, -0.2) is 9.97 Å². The van der Waals surface area contributed by atoms with Crippen molar-refractivity contribution in [3.8, 4) is 34.5 Å². The van der Waals surface area contributed by atoms with Crippen molar-refractivity contribution in [2.75, 3.05) is 38.2 Å². The number of hydrogen-bond donors (Lipinski definition) is 0. The molecule has 2 aromatic heterocycles. The van der Waals surface area contributed by atoms with Gasteiger partial charge in [0.1, 0.15) is 18.7 Å². The van der Waals surface area contributed by atoms with E-state index in [0.717, 1.165) is 28.3 Å². The molecule has 4 aromatic rings. The number of anilines is 1. The van der Waals surface area contributed by atoms with Crippen LogP contribution in [0.1, 0.15) is 5.56 Å². The maximum absolute atomic E-state index is 13.3. The normalized spacial score (nSPS) is 13.3. The molecule has 36 heavy (non-hydrogen) atoms. The summed E-state index contributed by atoms with van der Waals surface area (Å²) in [4.78, 5) is 25.7. The molecular formula is C27H25N7O2. The Labute approximate surface area is 209 Å². The topological polar surface area (TPSA) is 100 Å². The van der Waals surface area contributed by atoms with E-state index in [1.807, 2.05) is 59.5 Å². The Hall–Kier alpha value is -4.71. The van der Waals surface area contributed by atoms with Crippen LogP contribution in [-0.4, -0.2) is 63.8 Å². The van der Waals surface area contributed by atoms with Gasteiger partial charge in [0.2, 0.25) is 11.8 Å². The minimum Gasteiger partial charge on any atom is -0.481 e. The largest absolute Gasteiger partial charge is 0.481 e. The number of rotatable bonds is 6. The van der Waals surface area contributed by atoms with Crippen LogP contribution in [0.4, 0.5) is 5.82 Å². The second-order valence-corrected chi connectivity index (χ2v) is 8.42. The fraction of sp³-hybridized carbons (Fsp3) is 0.222. The summed E-state index contributed by atoms with van der Waals surface area (Å²) < 4.78 is 6.96. The van der Waals surface area contributed by atoms with Crippen molar-refractivity contribution >= 4 is 11.7 Å². The van der Waals surface area contributed by atoms with Crippen LogP contribution in [0.15, 0.2) is 73.1 Å². The summed E-state index contributed by atoms with van der Waals surface area (Å²) in [5.74, 6) is 1.31. The monoisotopic (exact) mass is 479 g/mol. The first-order chi connectivity index (χ1) is 17.6. The standard InChI is InChI=1S/C27H25N7O2/c1-36-26-16-25(29-19-30-26)32-10-12-33(13-11-32)27(35)18-34-24(21-7-3-2-4-8-21)15-23(31-34)22-9-5-6-20(14-22)17-28/h2-9,14-16,19H,10-13,18H2,1H3. The molecule has 0 unspecified atom stereocenters. The Kier molecular flexibility index (Phi) is 6.58. The zero-order valence-electron chi connectivity index (χ0n) is 19.9. The van der Waals surface area contributed by atoms with Gasteiger partial charge in [-0.05, 0) is 23.8 Å². The predicted octanol–water partition coefficient (Wildman–Crippen LogP) is 3.24. The number of ether oxygens (including phenoxy) is 1. The van der Waals surface area contributed by atoms with Crippen molar-refractivity contribution < 1.29 is 9.53 Å². The van der Waals surface area contributed by atoms with Gasteiger partial charge in [-0.3, -0.25) is 9.48 Å². The molecule has 1 aliphatic rings. The molecule has 9 nitrogen and oxygen atoms in total. The van der Waals surface area contributed by atoms with Crippen LogP contribution >= 0.6 is 0 Å². The summed E-state index contributed by atoms with van der Waals surface area (Å²) in [5.41, 5.74) is 3.96. The molecule has 0 aliphatic carbocycles. The number of nitrogens with zero attached hydrogens (tertiary/aromatic N) is 7. The van der Waals surface area contributed by atoms with E-state index < -0.39 is 0 Å². The molecular weight excluding hydrogens is 454 g/mol. The highest BCUT2D eigenvalue weighted by atomic mass is 16.5. The summed E-state index contributed by atoms with van der Waals surface area (Å²) in [5, 5.41) is 14.1. The van der Waals surface area contributed by atoms with Crippen LogP contribution in [0.5, 0.6) is 5.88 Å². The van der Waals surface area contributed by atoms with E-state index >= 15 is 0 Å². The number of methoxy groups -OCH3 is 1. The zero-order chi connectivity index (χ0) is 24.9. The maximum Gasteiger partial charge on any atom is 0.244 e. The van der Waals surface area contributed by atoms with Gasteiger partial charge in [-0.1, -0.05) is 42.5 Å². The number of nitriles is 1. The fourth-order valence-electron chi connectivity index (χ4n) is 4.30. The number of amides is 1. The number of piperazine rings is 1. The molecule has 3 heterocycles.